The van der Waals surface area contributed by atoms with Crippen LogP contribution in [0, 0.1) is 6.92 Å². The smallest absolute Gasteiger partial charge is 0.251 e. The SMILES string of the molecule is COc1ccc(CC(=O)NCc2cc(=O)[nH]c(-c3ccncc3)n2)cc1C. The Balaban J connectivity index is 1.66. The van der Waals surface area contributed by atoms with E-state index >= 15 is 0 Å². The highest BCUT2D eigenvalue weighted by Gasteiger charge is 2.08. The van der Waals surface area contributed by atoms with Gasteiger partial charge in [0.1, 0.15) is 11.6 Å². The van der Waals surface area contributed by atoms with Crippen molar-refractivity contribution in [2.24, 2.45) is 0 Å². The van der Waals surface area contributed by atoms with Gasteiger partial charge in [-0.25, -0.2) is 4.98 Å². The third-order valence-electron chi connectivity index (χ3n) is 4.04. The molecule has 2 aromatic heterocycles. The Kier molecular flexibility index (Phi) is 5.61. The van der Waals surface area contributed by atoms with E-state index in [0.717, 1.165) is 22.4 Å². The van der Waals surface area contributed by atoms with Crippen molar-refractivity contribution in [3.05, 3.63) is 76.0 Å². The van der Waals surface area contributed by atoms with Crippen molar-refractivity contribution in [2.45, 2.75) is 19.9 Å². The van der Waals surface area contributed by atoms with Crippen LogP contribution in [0.1, 0.15) is 16.8 Å². The number of aromatic nitrogens is 3. The van der Waals surface area contributed by atoms with Gasteiger partial charge in [-0.15, -0.1) is 0 Å². The normalized spacial score (nSPS) is 10.4. The number of hydrogen-bond acceptors (Lipinski definition) is 5. The van der Waals surface area contributed by atoms with Gasteiger partial charge in [-0.2, -0.15) is 0 Å². The van der Waals surface area contributed by atoms with Crippen LogP contribution in [-0.4, -0.2) is 28.0 Å². The summed E-state index contributed by atoms with van der Waals surface area (Å²) in [7, 11) is 1.61. The lowest BCUT2D eigenvalue weighted by molar-refractivity contribution is -0.120. The lowest BCUT2D eigenvalue weighted by Gasteiger charge is -2.09. The molecule has 1 amide bonds. The summed E-state index contributed by atoms with van der Waals surface area (Å²) in [4.78, 5) is 35.2. The lowest BCUT2D eigenvalue weighted by atomic mass is 10.1. The zero-order valence-electron chi connectivity index (χ0n) is 15.2. The standard InChI is InChI=1S/C20H20N4O3/c1-13-9-14(3-4-17(13)27-2)10-18(25)22-12-16-11-19(26)24-20(23-16)15-5-7-21-8-6-15/h3-9,11H,10,12H2,1-2H3,(H,22,25)(H,23,24,26). The van der Waals surface area contributed by atoms with Gasteiger partial charge >= 0.3 is 0 Å². The molecule has 3 rings (SSSR count). The van der Waals surface area contributed by atoms with Gasteiger partial charge in [-0.1, -0.05) is 12.1 Å². The Labute approximate surface area is 156 Å². The predicted octanol–water partition coefficient (Wildman–Crippen LogP) is 2.01. The van der Waals surface area contributed by atoms with E-state index in [9.17, 15) is 9.59 Å². The van der Waals surface area contributed by atoms with Gasteiger partial charge in [0.05, 0.1) is 25.8 Å². The van der Waals surface area contributed by atoms with Crippen LogP contribution in [0.4, 0.5) is 0 Å². The van der Waals surface area contributed by atoms with Crippen molar-refractivity contribution in [3.63, 3.8) is 0 Å². The molecule has 27 heavy (non-hydrogen) atoms. The van der Waals surface area contributed by atoms with Gasteiger partial charge in [0.2, 0.25) is 5.91 Å². The molecule has 2 heterocycles. The monoisotopic (exact) mass is 364 g/mol. The number of hydrogen-bond donors (Lipinski definition) is 2. The second kappa shape index (κ2) is 8.27. The van der Waals surface area contributed by atoms with Crippen LogP contribution in [0.3, 0.4) is 0 Å². The van der Waals surface area contributed by atoms with Crippen LogP contribution in [0.25, 0.3) is 11.4 Å². The summed E-state index contributed by atoms with van der Waals surface area (Å²) in [5, 5.41) is 2.80. The molecule has 0 unspecified atom stereocenters. The molecular weight excluding hydrogens is 344 g/mol. The highest BCUT2D eigenvalue weighted by Crippen LogP contribution is 2.18. The minimum atomic E-state index is -0.271. The molecule has 0 aliphatic carbocycles. The Bertz CT molecular complexity index is 1000. The first-order chi connectivity index (χ1) is 13.0. The predicted molar refractivity (Wildman–Crippen MR) is 101 cm³/mol. The third kappa shape index (κ3) is 4.78. The number of ether oxygens (including phenoxy) is 1. The van der Waals surface area contributed by atoms with E-state index in [2.05, 4.69) is 20.3 Å². The first kappa shape index (κ1) is 18.3. The van der Waals surface area contributed by atoms with Crippen LogP contribution in [0.15, 0.2) is 53.6 Å². The second-order valence-electron chi connectivity index (χ2n) is 6.08. The van der Waals surface area contributed by atoms with Gasteiger partial charge in [0.15, 0.2) is 0 Å². The molecule has 3 aromatic rings. The Hall–Kier alpha value is -3.48. The molecule has 0 radical (unpaired) electrons. The zero-order valence-corrected chi connectivity index (χ0v) is 15.2. The average molecular weight is 364 g/mol. The fourth-order valence-corrected chi connectivity index (χ4v) is 2.73. The van der Waals surface area contributed by atoms with E-state index in [-0.39, 0.29) is 24.4 Å². The summed E-state index contributed by atoms with van der Waals surface area (Å²) in [6.45, 7) is 2.11. The number of nitrogens with one attached hydrogen (secondary N) is 2. The van der Waals surface area contributed by atoms with Crippen LogP contribution in [0.2, 0.25) is 0 Å². The molecule has 0 saturated heterocycles. The molecule has 0 spiro atoms. The number of carbonyl (C=O) groups is 1. The number of methoxy groups -OCH3 is 1. The summed E-state index contributed by atoms with van der Waals surface area (Å²) < 4.78 is 5.22. The zero-order chi connectivity index (χ0) is 19.2. The number of pyridine rings is 1. The largest absolute Gasteiger partial charge is 0.496 e. The quantitative estimate of drug-likeness (QED) is 0.697. The molecule has 0 saturated carbocycles. The van der Waals surface area contributed by atoms with Crippen LogP contribution >= 0.6 is 0 Å². The minimum Gasteiger partial charge on any atom is -0.496 e. The number of benzene rings is 1. The number of carbonyl (C=O) groups excluding carboxylic acids is 1. The van der Waals surface area contributed by atoms with Gasteiger partial charge in [0.25, 0.3) is 5.56 Å². The highest BCUT2D eigenvalue weighted by molar-refractivity contribution is 5.78. The molecular formula is C20H20N4O3. The summed E-state index contributed by atoms with van der Waals surface area (Å²) in [6.07, 6.45) is 3.49. The summed E-state index contributed by atoms with van der Waals surface area (Å²) in [5.41, 5.74) is 2.84. The molecule has 1 aromatic carbocycles. The van der Waals surface area contributed by atoms with E-state index in [1.165, 1.54) is 6.07 Å². The maximum absolute atomic E-state index is 12.2. The Morgan fingerprint density at radius 3 is 2.67 bits per heavy atom. The number of aromatic amines is 1. The molecule has 7 nitrogen and oxygen atoms in total. The summed E-state index contributed by atoms with van der Waals surface area (Å²) in [6, 6.07) is 10.5. The number of aryl methyl sites for hydroxylation is 1. The molecule has 0 atom stereocenters. The van der Waals surface area contributed by atoms with Crippen molar-refractivity contribution >= 4 is 5.91 Å². The summed E-state index contributed by atoms with van der Waals surface area (Å²) in [5.74, 6) is 1.09. The average Bonchev–Trinajstić information content (AvgIpc) is 2.67. The highest BCUT2D eigenvalue weighted by atomic mass is 16.5. The van der Waals surface area contributed by atoms with E-state index in [1.807, 2.05) is 25.1 Å². The van der Waals surface area contributed by atoms with Crippen molar-refractivity contribution in [1.82, 2.24) is 20.3 Å². The van der Waals surface area contributed by atoms with E-state index in [4.69, 9.17) is 4.74 Å². The van der Waals surface area contributed by atoms with Gasteiger partial charge in [-0.05, 0) is 36.2 Å². The molecule has 0 fully saturated rings. The van der Waals surface area contributed by atoms with Gasteiger partial charge < -0.3 is 15.0 Å². The first-order valence-corrected chi connectivity index (χ1v) is 8.46. The number of amides is 1. The molecule has 7 heteroatoms. The van der Waals surface area contributed by atoms with Crippen molar-refractivity contribution in [3.8, 4) is 17.1 Å². The molecule has 138 valence electrons. The van der Waals surface area contributed by atoms with Crippen LogP contribution < -0.4 is 15.6 Å². The minimum absolute atomic E-state index is 0.146. The topological polar surface area (TPSA) is 97.0 Å². The molecule has 0 aliphatic rings. The van der Waals surface area contributed by atoms with E-state index in [1.54, 1.807) is 31.6 Å². The summed E-state index contributed by atoms with van der Waals surface area (Å²) >= 11 is 0. The number of nitrogens with zero attached hydrogens (tertiary/aromatic N) is 2. The maximum atomic E-state index is 12.2. The van der Waals surface area contributed by atoms with Crippen LogP contribution in [0.5, 0.6) is 5.75 Å². The number of H-pyrrole nitrogens is 1. The van der Waals surface area contributed by atoms with Crippen molar-refractivity contribution in [1.29, 1.82) is 0 Å². The Morgan fingerprint density at radius 2 is 1.96 bits per heavy atom. The van der Waals surface area contributed by atoms with E-state index < -0.39 is 0 Å². The van der Waals surface area contributed by atoms with Crippen LogP contribution in [-0.2, 0) is 17.8 Å². The van der Waals surface area contributed by atoms with Gasteiger partial charge in [0, 0.05) is 24.0 Å². The fourth-order valence-electron chi connectivity index (χ4n) is 2.73. The molecule has 2 N–H and O–H groups in total. The van der Waals surface area contributed by atoms with Crippen molar-refractivity contribution < 1.29 is 9.53 Å². The van der Waals surface area contributed by atoms with Crippen molar-refractivity contribution in [2.75, 3.05) is 7.11 Å². The number of rotatable bonds is 6. The fraction of sp³-hybridized carbons (Fsp3) is 0.200. The first-order valence-electron chi connectivity index (χ1n) is 8.46. The molecule has 0 bridgehead atoms. The third-order valence-corrected chi connectivity index (χ3v) is 4.04. The lowest BCUT2D eigenvalue weighted by Crippen LogP contribution is -2.26. The Morgan fingerprint density at radius 1 is 1.19 bits per heavy atom. The maximum Gasteiger partial charge on any atom is 0.251 e. The molecule has 0 aliphatic heterocycles. The van der Waals surface area contributed by atoms with E-state index in [0.29, 0.717) is 11.5 Å². The van der Waals surface area contributed by atoms with Gasteiger partial charge in [-0.3, -0.25) is 14.6 Å². The second-order valence-corrected chi connectivity index (χ2v) is 6.08.